The van der Waals surface area contributed by atoms with E-state index in [1.165, 1.54) is 12.4 Å². The SMILES string of the molecule is CCCC1OC1C(=O)N[C@@H](CO)C(=O)N[C@H]1C(=O)N[C@H](Cc2c[nH]c3ccccc23)C(=O)N[C@@H](CC(=O)O)C(=O)N[C@@H](CC(=O)O)C(=O)N[C@@H](c2ccc(O)cc2)C(=O)N[C@@H](CC(=O)O)C(=O)NCC(=O)N[C@H]([C@H](O)CON)C(=O)N[C@@H](CCC(=O)O)C(=O)NC(Cc2c[nH]c3ccccc23)C(=O)O[C@@H]1C. The molecule has 0 spiro atoms. The monoisotopic (exact) mass is 1480 g/mol. The molecule has 2 aliphatic heterocycles. The standard InChI is InChI=1S/C66H80N14O26/c1-3-8-46-55(106-46)65(102)77-44(27-81)61(98)79-52-29(2)105-66(103)43(20-32-25-69-37-12-7-5-10-35(32)37)76-57(94)38(17-18-48(85)86)71-64(101)54(45(83)28-104-67)78-47(84)26-70-56(93)40(21-49(87)88)75-63(100)53(30-13-15-33(82)16-14-30)80-60(97)42(23-51(91)92)73-59(96)41(22-50(89)90)72-58(95)39(74-62(52)99)19-31-24-68-36-11-6-4-9-34(31)36/h4-7,9-16,24-25,29,38-46,52-55,68-69,81-83H,3,8,17-23,26-28,67H2,1-2H3,(H,70,93)(H,71,101)(H,72,95)(H,73,96)(H,74,99)(H,75,100)(H,76,94)(H,77,102)(H,78,84)(H,79,98)(H,80,97)(H,85,86)(H,87,88)(H,89,90)(H,91,92)/t29-,38+,39-,40+,41+,42+,43?,44+,45-,46?,52-,53+,54-,55?/m1/s1. The number of aromatic hydroxyl groups is 1. The summed E-state index contributed by atoms with van der Waals surface area (Å²) in [4.78, 5) is 233. The number of para-hydroxylation sites is 2. The van der Waals surface area contributed by atoms with Gasteiger partial charge in [-0.2, -0.15) is 0 Å². The smallest absolute Gasteiger partial charge is 0.329 e. The van der Waals surface area contributed by atoms with Crippen molar-refractivity contribution in [3.05, 3.63) is 102 Å². The topological polar surface area (TPSA) is 636 Å². The number of carbonyl (C=O) groups excluding carboxylic acids is 12. The number of aromatic amines is 2. The second-order valence-corrected chi connectivity index (χ2v) is 24.7. The van der Waals surface area contributed by atoms with Crippen molar-refractivity contribution in [3.63, 3.8) is 0 Å². The van der Waals surface area contributed by atoms with Crippen LogP contribution in [0, 0.1) is 0 Å². The quantitative estimate of drug-likeness (QED) is 0.0156. The van der Waals surface area contributed by atoms with Crippen LogP contribution in [0.25, 0.3) is 21.8 Å². The van der Waals surface area contributed by atoms with Crippen LogP contribution >= 0.6 is 0 Å². The molecule has 40 nitrogen and oxygen atoms in total. The number of hydrogen-bond donors (Lipinski definition) is 21. The van der Waals surface area contributed by atoms with Gasteiger partial charge in [0.05, 0.1) is 45.1 Å². The molecule has 106 heavy (non-hydrogen) atoms. The molecule has 0 saturated carbocycles. The van der Waals surface area contributed by atoms with Crippen LogP contribution in [0.15, 0.2) is 85.2 Å². The Morgan fingerprint density at radius 1 is 0.594 bits per heavy atom. The molecular formula is C66H80N14O26. The van der Waals surface area contributed by atoms with E-state index in [4.69, 9.17) is 15.4 Å². The number of rotatable bonds is 24. The van der Waals surface area contributed by atoms with Gasteiger partial charge in [0.1, 0.15) is 78.4 Å². The number of carboxylic acid groups (broad SMARTS) is 4. The van der Waals surface area contributed by atoms with Gasteiger partial charge < -0.3 is 119 Å². The maximum Gasteiger partial charge on any atom is 0.329 e. The fourth-order valence-electron chi connectivity index (χ4n) is 11.3. The molecule has 570 valence electrons. The summed E-state index contributed by atoms with van der Waals surface area (Å²) in [5.41, 5.74) is 1.20. The summed E-state index contributed by atoms with van der Waals surface area (Å²) in [6, 6.07) is -4.45. The highest BCUT2D eigenvalue weighted by atomic mass is 16.6. The van der Waals surface area contributed by atoms with Crippen molar-refractivity contribution in [1.82, 2.24) is 68.5 Å². The van der Waals surface area contributed by atoms with E-state index in [2.05, 4.69) is 62.7 Å². The Labute approximate surface area is 599 Å². The molecule has 3 unspecified atom stereocenters. The number of nitrogens with one attached hydrogen (secondary N) is 13. The van der Waals surface area contributed by atoms with Crippen LogP contribution in [0.5, 0.6) is 5.75 Å². The lowest BCUT2D eigenvalue weighted by atomic mass is 10.0. The third-order valence-electron chi connectivity index (χ3n) is 16.8. The number of aromatic nitrogens is 2. The Hall–Kier alpha value is -12.1. The van der Waals surface area contributed by atoms with Crippen LogP contribution in [0.4, 0.5) is 0 Å². The number of epoxide rings is 1. The van der Waals surface area contributed by atoms with Gasteiger partial charge in [-0.1, -0.05) is 61.9 Å². The molecule has 3 aromatic carbocycles. The van der Waals surface area contributed by atoms with Crippen LogP contribution in [0.3, 0.4) is 0 Å². The summed E-state index contributed by atoms with van der Waals surface area (Å²) in [6.45, 7) is -0.495. The zero-order valence-electron chi connectivity index (χ0n) is 56.6. The molecule has 2 aromatic heterocycles. The summed E-state index contributed by atoms with van der Waals surface area (Å²) >= 11 is 0. The van der Waals surface area contributed by atoms with Crippen LogP contribution in [-0.4, -0.2) is 239 Å². The number of aliphatic hydroxyl groups excluding tert-OH is 2. The van der Waals surface area contributed by atoms with Crippen molar-refractivity contribution < 1.29 is 127 Å². The number of phenolic OH excluding ortho intramolecular Hbond substituents is 1. The number of cyclic esters (lactones) is 1. The lowest BCUT2D eigenvalue weighted by molar-refractivity contribution is -0.156. The van der Waals surface area contributed by atoms with Gasteiger partial charge in [0.25, 0.3) is 5.91 Å². The fourth-order valence-corrected chi connectivity index (χ4v) is 11.3. The number of phenols is 1. The van der Waals surface area contributed by atoms with Crippen LogP contribution < -0.4 is 64.4 Å². The second kappa shape index (κ2) is 37.9. The van der Waals surface area contributed by atoms with E-state index in [9.17, 15) is 98.1 Å². The minimum Gasteiger partial charge on any atom is -0.508 e. The van der Waals surface area contributed by atoms with E-state index in [1.807, 2.05) is 17.6 Å². The van der Waals surface area contributed by atoms with Crippen molar-refractivity contribution in [3.8, 4) is 5.75 Å². The first-order valence-corrected chi connectivity index (χ1v) is 32.9. The van der Waals surface area contributed by atoms with Crippen molar-refractivity contribution in [2.45, 2.75) is 156 Å². The van der Waals surface area contributed by atoms with Gasteiger partial charge in [-0.15, -0.1) is 0 Å². The number of benzene rings is 3. The van der Waals surface area contributed by atoms with Gasteiger partial charge in [-0.05, 0) is 60.7 Å². The predicted octanol–water partition coefficient (Wildman–Crippen LogP) is -5.48. The Bertz CT molecular complexity index is 4110. The number of hydrogen-bond acceptors (Lipinski definition) is 23. The maximum atomic E-state index is 15.3. The third-order valence-corrected chi connectivity index (χ3v) is 16.8. The Balaban J connectivity index is 1.36. The van der Waals surface area contributed by atoms with E-state index >= 15 is 14.4 Å². The van der Waals surface area contributed by atoms with Gasteiger partial charge in [0.15, 0.2) is 6.10 Å². The molecule has 22 N–H and O–H groups in total. The third kappa shape index (κ3) is 22.9. The van der Waals surface area contributed by atoms with Crippen molar-refractivity contribution in [2.24, 2.45) is 5.90 Å². The summed E-state index contributed by atoms with van der Waals surface area (Å²) in [7, 11) is 0. The molecule has 2 aliphatic rings. The largest absolute Gasteiger partial charge is 0.508 e. The van der Waals surface area contributed by atoms with E-state index in [-0.39, 0.29) is 16.7 Å². The Morgan fingerprint density at radius 2 is 1.09 bits per heavy atom. The lowest BCUT2D eigenvalue weighted by Gasteiger charge is -2.30. The highest BCUT2D eigenvalue weighted by molar-refractivity contribution is 6.02. The van der Waals surface area contributed by atoms with Crippen LogP contribution in [0.2, 0.25) is 0 Å². The van der Waals surface area contributed by atoms with Crippen molar-refractivity contribution >= 4 is 117 Å². The van der Waals surface area contributed by atoms with Crippen LogP contribution in [0.1, 0.15) is 81.5 Å². The van der Waals surface area contributed by atoms with E-state index < -0.39 is 250 Å². The Kier molecular flexibility index (Phi) is 29.0. The van der Waals surface area contributed by atoms with Crippen LogP contribution in [-0.2, 0) is 104 Å². The number of carboxylic acids is 4. The molecule has 0 aliphatic carbocycles. The average Bonchev–Trinajstić information content (AvgIpc) is 1.51. The number of H-pyrrole nitrogens is 2. The number of esters is 1. The summed E-state index contributed by atoms with van der Waals surface area (Å²) < 4.78 is 11.3. The number of carbonyl (C=O) groups is 16. The van der Waals surface area contributed by atoms with Gasteiger partial charge in [0.2, 0.25) is 59.1 Å². The first kappa shape index (κ1) is 81.2. The molecule has 4 heterocycles. The molecule has 14 atom stereocenters. The average molecular weight is 1490 g/mol. The van der Waals surface area contributed by atoms with Crippen molar-refractivity contribution in [1.29, 1.82) is 0 Å². The molecule has 0 bridgehead atoms. The predicted molar refractivity (Wildman–Crippen MR) is 359 cm³/mol. The summed E-state index contributed by atoms with van der Waals surface area (Å²) in [5.74, 6) is -19.0. The highest BCUT2D eigenvalue weighted by Crippen LogP contribution is 2.27. The zero-order chi connectivity index (χ0) is 77.6. The lowest BCUT2D eigenvalue weighted by Crippen LogP contribution is -2.63. The number of fused-ring (bicyclic) bond motifs is 2. The first-order valence-electron chi connectivity index (χ1n) is 32.9. The highest BCUT2D eigenvalue weighted by Gasteiger charge is 2.46. The number of aliphatic hydroxyl groups is 2. The molecule has 40 heteroatoms. The molecule has 2 fully saturated rings. The number of amides is 11. The second-order valence-electron chi connectivity index (χ2n) is 24.7. The van der Waals surface area contributed by atoms with Gasteiger partial charge in [-0.25, -0.2) is 10.7 Å². The minimum atomic E-state index is -2.34. The zero-order valence-corrected chi connectivity index (χ0v) is 56.6. The number of nitrogens with two attached hydrogens (primary N) is 1. The summed E-state index contributed by atoms with van der Waals surface area (Å²) in [5, 5.41) is 96.9. The summed E-state index contributed by atoms with van der Waals surface area (Å²) in [6.07, 6.45) is -8.80. The minimum absolute atomic E-state index is 0.241. The molecule has 7 rings (SSSR count). The maximum absolute atomic E-state index is 15.3. The molecular weight excluding hydrogens is 1400 g/mol. The van der Waals surface area contributed by atoms with E-state index in [1.54, 1.807) is 48.5 Å². The number of aliphatic carboxylic acids is 4. The molecule has 0 radical (unpaired) electrons. The molecule has 2 saturated heterocycles. The van der Waals surface area contributed by atoms with Gasteiger partial charge >= 0.3 is 29.8 Å². The van der Waals surface area contributed by atoms with E-state index in [0.29, 0.717) is 34.6 Å². The van der Waals surface area contributed by atoms with Gasteiger partial charge in [-0.3, -0.25) is 71.9 Å². The van der Waals surface area contributed by atoms with E-state index in [0.717, 1.165) is 31.2 Å². The fraction of sp³-hybridized carbons (Fsp3) is 0.424. The molecule has 5 aromatic rings. The normalized spacial score (nSPS) is 24.2. The first-order chi connectivity index (χ1) is 50.4. The van der Waals surface area contributed by atoms with Gasteiger partial charge in [0, 0.05) is 53.5 Å². The van der Waals surface area contributed by atoms with Crippen molar-refractivity contribution in [2.75, 3.05) is 19.8 Å². The Morgan fingerprint density at radius 3 is 1.64 bits per heavy atom. The number of ether oxygens (including phenoxy) is 2. The molecule has 11 amide bonds.